The average Bonchev–Trinajstić information content (AvgIpc) is 2.80. The van der Waals surface area contributed by atoms with Crippen molar-refractivity contribution in [3.8, 4) is 0 Å². The number of nitrogens with zero attached hydrogens (tertiary/aromatic N) is 1. The van der Waals surface area contributed by atoms with Gasteiger partial charge in [0.15, 0.2) is 6.61 Å². The molecule has 0 aromatic heterocycles. The fourth-order valence-corrected chi connectivity index (χ4v) is 4.47. The van der Waals surface area contributed by atoms with Gasteiger partial charge in [-0.15, -0.1) is 0 Å². The lowest BCUT2D eigenvalue weighted by molar-refractivity contribution is -0.140. The maximum absolute atomic E-state index is 12.8. The number of ether oxygens (including phenoxy) is 1. The summed E-state index contributed by atoms with van der Waals surface area (Å²) in [6.07, 6.45) is 0. The molecular weight excluding hydrogens is 382 g/mol. The molecular formula is C16H11NO9S. The smallest absolute Gasteiger partial charge is 0.341 e. The van der Waals surface area contributed by atoms with Crippen LogP contribution in [0.3, 0.4) is 0 Å². The molecule has 1 heterocycles. The molecule has 2 N–H and O–H groups in total. The normalized spacial score (nSPS) is 14.8. The fourth-order valence-electron chi connectivity index (χ4n) is 2.79. The van der Waals surface area contributed by atoms with Crippen LogP contribution in [0.25, 0.3) is 10.8 Å². The number of aliphatic carboxylic acids is 2. The minimum absolute atomic E-state index is 0.153. The van der Waals surface area contributed by atoms with Crippen molar-refractivity contribution >= 4 is 44.6 Å². The van der Waals surface area contributed by atoms with Gasteiger partial charge in [0.2, 0.25) is 0 Å². The van der Waals surface area contributed by atoms with E-state index in [4.69, 9.17) is 10.2 Å². The molecule has 0 saturated heterocycles. The number of benzene rings is 2. The zero-order valence-corrected chi connectivity index (χ0v) is 14.2. The molecule has 0 aliphatic carbocycles. The van der Waals surface area contributed by atoms with Gasteiger partial charge in [-0.05, 0) is 16.8 Å². The summed E-state index contributed by atoms with van der Waals surface area (Å²) in [7, 11) is -4.64. The van der Waals surface area contributed by atoms with Crippen molar-refractivity contribution in [3.05, 3.63) is 41.5 Å². The van der Waals surface area contributed by atoms with Gasteiger partial charge in [-0.3, -0.25) is 9.59 Å². The summed E-state index contributed by atoms with van der Waals surface area (Å²) < 4.78 is 30.2. The van der Waals surface area contributed by atoms with E-state index in [2.05, 4.69) is 4.74 Å². The molecule has 1 amide bonds. The summed E-state index contributed by atoms with van der Waals surface area (Å²) in [5, 5.41) is 18.1. The molecule has 0 fully saturated rings. The number of carboxylic acids is 2. The van der Waals surface area contributed by atoms with Crippen molar-refractivity contribution in [1.82, 2.24) is 4.31 Å². The lowest BCUT2D eigenvalue weighted by Gasteiger charge is -2.12. The molecule has 10 nitrogen and oxygen atoms in total. The first kappa shape index (κ1) is 18.3. The Kier molecular flexibility index (Phi) is 4.31. The van der Waals surface area contributed by atoms with Gasteiger partial charge in [-0.1, -0.05) is 24.3 Å². The van der Waals surface area contributed by atoms with Crippen molar-refractivity contribution in [1.29, 1.82) is 0 Å². The number of fused-ring (bicyclic) bond motifs is 3. The maximum atomic E-state index is 12.8. The second kappa shape index (κ2) is 6.36. The Labute approximate surface area is 151 Å². The van der Waals surface area contributed by atoms with Gasteiger partial charge < -0.3 is 14.9 Å². The number of carboxylic acid groups (broad SMARTS) is 2. The van der Waals surface area contributed by atoms with Crippen molar-refractivity contribution in [2.45, 2.75) is 4.90 Å². The predicted octanol–water partition coefficient (Wildman–Crippen LogP) is 0.310. The molecule has 27 heavy (non-hydrogen) atoms. The Morgan fingerprint density at radius 2 is 1.74 bits per heavy atom. The standard InChI is InChI=1S/C16H11NO9S/c18-11(19)6-17-15(22)13-9-4-2-1-3-8(9)5-10(14(13)27(17,24)25)16(23)26-7-12(20)21/h1-5H,6-7H2,(H,18,19)(H,20,21). The van der Waals surface area contributed by atoms with Gasteiger partial charge in [0.1, 0.15) is 11.4 Å². The Morgan fingerprint density at radius 1 is 1.07 bits per heavy atom. The highest BCUT2D eigenvalue weighted by molar-refractivity contribution is 7.90. The zero-order valence-electron chi connectivity index (χ0n) is 13.4. The third-order valence-electron chi connectivity index (χ3n) is 3.82. The minimum Gasteiger partial charge on any atom is -0.480 e. The molecule has 2 aromatic carbocycles. The first-order valence-corrected chi connectivity index (χ1v) is 8.82. The molecule has 0 bridgehead atoms. The number of sulfonamides is 1. The SMILES string of the molecule is O=C(O)COC(=O)c1cc2ccccc2c2c1S(=O)(=O)N(CC(=O)O)C2=O. The van der Waals surface area contributed by atoms with E-state index in [9.17, 15) is 27.6 Å². The monoisotopic (exact) mass is 393 g/mol. The number of amides is 1. The molecule has 1 aliphatic heterocycles. The van der Waals surface area contributed by atoms with Crippen LogP contribution >= 0.6 is 0 Å². The lowest BCUT2D eigenvalue weighted by Crippen LogP contribution is -2.35. The van der Waals surface area contributed by atoms with Gasteiger partial charge in [-0.2, -0.15) is 0 Å². The van der Waals surface area contributed by atoms with Crippen LogP contribution in [0.15, 0.2) is 35.2 Å². The van der Waals surface area contributed by atoms with Crippen LogP contribution in [-0.2, 0) is 24.3 Å². The van der Waals surface area contributed by atoms with E-state index in [1.807, 2.05) is 0 Å². The summed E-state index contributed by atoms with van der Waals surface area (Å²) in [6, 6.07) is 7.27. The van der Waals surface area contributed by atoms with Gasteiger partial charge in [0, 0.05) is 0 Å². The van der Waals surface area contributed by atoms with E-state index in [1.54, 1.807) is 12.1 Å². The summed E-state index contributed by atoms with van der Waals surface area (Å²) in [5.41, 5.74) is -0.886. The van der Waals surface area contributed by atoms with Crippen LogP contribution in [0.2, 0.25) is 0 Å². The van der Waals surface area contributed by atoms with E-state index in [1.165, 1.54) is 12.1 Å². The Morgan fingerprint density at radius 3 is 2.37 bits per heavy atom. The number of hydrogen-bond acceptors (Lipinski definition) is 7. The van der Waals surface area contributed by atoms with E-state index >= 15 is 0 Å². The molecule has 1 aliphatic rings. The largest absolute Gasteiger partial charge is 0.480 e. The van der Waals surface area contributed by atoms with Crippen LogP contribution in [0.4, 0.5) is 0 Å². The first-order chi connectivity index (χ1) is 12.6. The topological polar surface area (TPSA) is 155 Å². The second-order valence-electron chi connectivity index (χ2n) is 5.53. The lowest BCUT2D eigenvalue weighted by atomic mass is 10.00. The number of rotatable bonds is 5. The van der Waals surface area contributed by atoms with Gasteiger partial charge in [0.05, 0.1) is 11.1 Å². The maximum Gasteiger partial charge on any atom is 0.341 e. The van der Waals surface area contributed by atoms with Gasteiger partial charge >= 0.3 is 17.9 Å². The van der Waals surface area contributed by atoms with Crippen molar-refractivity contribution in [2.24, 2.45) is 0 Å². The van der Waals surface area contributed by atoms with Crippen molar-refractivity contribution in [2.75, 3.05) is 13.2 Å². The molecule has 3 rings (SSSR count). The number of carbonyl (C=O) groups excluding carboxylic acids is 2. The molecule has 0 radical (unpaired) electrons. The zero-order chi connectivity index (χ0) is 19.9. The Balaban J connectivity index is 2.29. The Bertz CT molecular complexity index is 1120. The third-order valence-corrected chi connectivity index (χ3v) is 5.63. The fraction of sp³-hybridized carbons (Fsp3) is 0.125. The van der Waals surface area contributed by atoms with Crippen LogP contribution in [0.1, 0.15) is 20.7 Å². The summed E-state index contributed by atoms with van der Waals surface area (Å²) in [5.74, 6) is -5.35. The highest BCUT2D eigenvalue weighted by Crippen LogP contribution is 2.38. The predicted molar refractivity (Wildman–Crippen MR) is 87.7 cm³/mol. The molecule has 2 aromatic rings. The summed E-state index contributed by atoms with van der Waals surface area (Å²) in [6.45, 7) is -2.12. The van der Waals surface area contributed by atoms with Gasteiger partial charge in [-0.25, -0.2) is 22.3 Å². The molecule has 11 heteroatoms. The third kappa shape index (κ3) is 2.97. The van der Waals surface area contributed by atoms with Crippen LogP contribution in [0.5, 0.6) is 0 Å². The van der Waals surface area contributed by atoms with E-state index in [0.717, 1.165) is 6.07 Å². The van der Waals surface area contributed by atoms with Crippen LogP contribution < -0.4 is 0 Å². The summed E-state index contributed by atoms with van der Waals surface area (Å²) in [4.78, 5) is 45.8. The highest BCUT2D eigenvalue weighted by atomic mass is 32.2. The number of esters is 1. The quantitative estimate of drug-likeness (QED) is 0.683. The summed E-state index contributed by atoms with van der Waals surface area (Å²) >= 11 is 0. The highest BCUT2D eigenvalue weighted by Gasteiger charge is 2.46. The second-order valence-corrected chi connectivity index (χ2v) is 7.33. The van der Waals surface area contributed by atoms with Gasteiger partial charge in [0.25, 0.3) is 15.9 Å². The molecule has 140 valence electrons. The molecule has 0 atom stereocenters. The van der Waals surface area contributed by atoms with Crippen molar-refractivity contribution in [3.63, 3.8) is 0 Å². The first-order valence-electron chi connectivity index (χ1n) is 7.38. The Hall–Kier alpha value is -3.47. The van der Waals surface area contributed by atoms with Crippen molar-refractivity contribution < 1.29 is 42.5 Å². The van der Waals surface area contributed by atoms with E-state index in [-0.39, 0.29) is 15.3 Å². The van der Waals surface area contributed by atoms with E-state index < -0.39 is 57.4 Å². The molecule has 0 saturated carbocycles. The van der Waals surface area contributed by atoms with E-state index in [0.29, 0.717) is 5.39 Å². The van der Waals surface area contributed by atoms with Crippen LogP contribution in [0, 0.1) is 0 Å². The molecule has 0 spiro atoms. The minimum atomic E-state index is -4.64. The number of carbonyl (C=O) groups is 4. The average molecular weight is 393 g/mol. The van der Waals surface area contributed by atoms with Crippen LogP contribution in [-0.4, -0.2) is 59.9 Å². The molecule has 0 unspecified atom stereocenters. The number of hydrogen-bond donors (Lipinski definition) is 2.